The first-order valence-corrected chi connectivity index (χ1v) is 18.8. The lowest BCUT2D eigenvalue weighted by molar-refractivity contribution is -0.435. The summed E-state index contributed by atoms with van der Waals surface area (Å²) in [5.41, 5.74) is 0. The fourth-order valence-electron chi connectivity index (χ4n) is 6.03. The van der Waals surface area contributed by atoms with E-state index < -0.39 is 12.1 Å². The Morgan fingerprint density at radius 3 is 0.762 bits per heavy atom. The Hall–Kier alpha value is -0.650. The number of carbonyl (C=O) groups excluding carboxylic acids is 1. The highest BCUT2D eigenvalue weighted by molar-refractivity contribution is 5.69. The average Bonchev–Trinajstić information content (AvgIpc) is 2.94. The van der Waals surface area contributed by atoms with Crippen molar-refractivity contribution < 1.29 is 24.9 Å². The van der Waals surface area contributed by atoms with Gasteiger partial charge in [0.25, 0.3) is 0 Å². The molecular formula is C37H74O5. The first-order chi connectivity index (χ1) is 20.5. The Kier molecular flexibility index (Phi) is 32.7. The van der Waals surface area contributed by atoms with Gasteiger partial charge in [0.05, 0.1) is 0 Å². The predicted octanol–water partition coefficient (Wildman–Crippen LogP) is 11.4. The van der Waals surface area contributed by atoms with Gasteiger partial charge in [-0.15, -0.1) is 0 Å². The molecule has 0 aromatic carbocycles. The molecule has 5 heteroatoms. The second-order valence-corrected chi connectivity index (χ2v) is 13.1. The lowest BCUT2D eigenvalue weighted by Gasteiger charge is -2.13. The number of unbranched alkanes of at least 4 members (excludes halogenated alkanes) is 32. The molecule has 0 aliphatic rings. The minimum atomic E-state index is -3.35. The number of hydrogen-bond acceptors (Lipinski definition) is 5. The van der Waals surface area contributed by atoms with Crippen molar-refractivity contribution in [1.82, 2.24) is 0 Å². The van der Waals surface area contributed by atoms with E-state index in [-0.39, 0.29) is 6.42 Å². The van der Waals surface area contributed by atoms with Crippen LogP contribution in [0.1, 0.15) is 225 Å². The van der Waals surface area contributed by atoms with E-state index in [2.05, 4.69) is 11.7 Å². The number of carbonyl (C=O) groups is 1. The SMILES string of the molecule is CCCCCCCCCCCCCCCCCCCCCCCCCCCCCCCCCCCC(=O)OC(O)(O)O. The van der Waals surface area contributed by atoms with Gasteiger partial charge in [0.2, 0.25) is 0 Å². The Labute approximate surface area is 262 Å². The largest absolute Gasteiger partial charge is 0.455 e. The maximum atomic E-state index is 11.2. The Morgan fingerprint density at radius 2 is 0.571 bits per heavy atom. The van der Waals surface area contributed by atoms with Gasteiger partial charge < -0.3 is 20.1 Å². The number of esters is 1. The van der Waals surface area contributed by atoms with Crippen molar-refractivity contribution in [2.75, 3.05) is 0 Å². The van der Waals surface area contributed by atoms with Crippen molar-refractivity contribution in [3.8, 4) is 0 Å². The van der Waals surface area contributed by atoms with Gasteiger partial charge in [-0.1, -0.05) is 212 Å². The van der Waals surface area contributed by atoms with Crippen molar-refractivity contribution in [2.45, 2.75) is 231 Å². The smallest absolute Gasteiger partial charge is 0.384 e. The first kappa shape index (κ1) is 41.4. The highest BCUT2D eigenvalue weighted by Gasteiger charge is 2.23. The quantitative estimate of drug-likeness (QED) is 0.0384. The van der Waals surface area contributed by atoms with Crippen LogP contribution >= 0.6 is 0 Å². The maximum Gasteiger partial charge on any atom is 0.455 e. The number of aliphatic hydroxyl groups is 3. The lowest BCUT2D eigenvalue weighted by Crippen LogP contribution is -2.33. The minimum Gasteiger partial charge on any atom is -0.384 e. The Balaban J connectivity index is 3.09. The normalized spacial score (nSPS) is 11.8. The van der Waals surface area contributed by atoms with Crippen LogP contribution in [-0.2, 0) is 9.53 Å². The monoisotopic (exact) mass is 599 g/mol. The van der Waals surface area contributed by atoms with Crippen LogP contribution in [0.2, 0.25) is 0 Å². The first-order valence-electron chi connectivity index (χ1n) is 18.8. The molecule has 3 N–H and O–H groups in total. The number of rotatable bonds is 35. The van der Waals surface area contributed by atoms with Crippen LogP contribution in [0.3, 0.4) is 0 Å². The summed E-state index contributed by atoms with van der Waals surface area (Å²) in [6.07, 6.45) is 41.9. The van der Waals surface area contributed by atoms with E-state index >= 15 is 0 Å². The average molecular weight is 599 g/mol. The lowest BCUT2D eigenvalue weighted by atomic mass is 10.0. The third-order valence-corrected chi connectivity index (χ3v) is 8.74. The van der Waals surface area contributed by atoms with Gasteiger partial charge >= 0.3 is 12.1 Å². The van der Waals surface area contributed by atoms with Gasteiger partial charge in [0.1, 0.15) is 0 Å². The topological polar surface area (TPSA) is 87.0 Å². The fourth-order valence-corrected chi connectivity index (χ4v) is 6.03. The molecule has 0 aromatic heterocycles. The van der Waals surface area contributed by atoms with Gasteiger partial charge in [-0.3, -0.25) is 4.79 Å². The predicted molar refractivity (Wildman–Crippen MR) is 178 cm³/mol. The number of ether oxygens (including phenoxy) is 1. The Morgan fingerprint density at radius 1 is 0.381 bits per heavy atom. The second kappa shape index (κ2) is 33.2. The molecule has 0 fully saturated rings. The molecule has 0 saturated carbocycles. The molecule has 0 aliphatic heterocycles. The van der Waals surface area contributed by atoms with Crippen LogP contribution in [0.25, 0.3) is 0 Å². The zero-order valence-corrected chi connectivity index (χ0v) is 28.2. The number of hydrogen-bond donors (Lipinski definition) is 3. The fraction of sp³-hybridized carbons (Fsp3) is 0.973. The molecule has 0 aliphatic carbocycles. The molecule has 0 amide bonds. The van der Waals surface area contributed by atoms with E-state index in [4.69, 9.17) is 15.3 Å². The maximum absolute atomic E-state index is 11.2. The molecule has 252 valence electrons. The molecule has 0 rings (SSSR count). The molecule has 42 heavy (non-hydrogen) atoms. The van der Waals surface area contributed by atoms with Crippen molar-refractivity contribution >= 4 is 5.97 Å². The molecule has 0 bridgehead atoms. The van der Waals surface area contributed by atoms with Gasteiger partial charge in [-0.05, 0) is 6.42 Å². The van der Waals surface area contributed by atoms with Crippen molar-refractivity contribution in [3.05, 3.63) is 0 Å². The summed E-state index contributed by atoms with van der Waals surface area (Å²) < 4.78 is 4.03. The summed E-state index contributed by atoms with van der Waals surface area (Å²) in [5.74, 6) is -0.789. The summed E-state index contributed by atoms with van der Waals surface area (Å²) in [6, 6.07) is 0. The summed E-state index contributed by atoms with van der Waals surface area (Å²) in [4.78, 5) is 11.2. The summed E-state index contributed by atoms with van der Waals surface area (Å²) in [6.45, 7) is 2.30. The van der Waals surface area contributed by atoms with Gasteiger partial charge in [-0.25, -0.2) is 0 Å². The van der Waals surface area contributed by atoms with Crippen LogP contribution in [0, 0.1) is 0 Å². The molecular weight excluding hydrogens is 524 g/mol. The summed E-state index contributed by atoms with van der Waals surface area (Å²) >= 11 is 0. The van der Waals surface area contributed by atoms with E-state index in [1.165, 1.54) is 193 Å². The standard InChI is InChI=1S/C37H74O5/c1-2-3-4-5-6-7-8-9-10-11-12-13-14-15-16-17-18-19-20-21-22-23-24-25-26-27-28-29-30-31-32-33-34-35-36(38)42-37(39,40)41/h39-41H,2-35H2,1H3. The summed E-state index contributed by atoms with van der Waals surface area (Å²) in [5, 5.41) is 25.7. The molecule has 0 radical (unpaired) electrons. The zero-order chi connectivity index (χ0) is 30.8. The van der Waals surface area contributed by atoms with Crippen molar-refractivity contribution in [3.63, 3.8) is 0 Å². The van der Waals surface area contributed by atoms with Crippen LogP contribution in [-0.4, -0.2) is 27.4 Å². The van der Waals surface area contributed by atoms with Gasteiger partial charge in [-0.2, -0.15) is 0 Å². The van der Waals surface area contributed by atoms with Crippen molar-refractivity contribution in [1.29, 1.82) is 0 Å². The third kappa shape index (κ3) is 37.4. The van der Waals surface area contributed by atoms with E-state index in [9.17, 15) is 4.79 Å². The highest BCUT2D eigenvalue weighted by atomic mass is 16.9. The minimum absolute atomic E-state index is 0.100. The Bertz CT molecular complexity index is 531. The van der Waals surface area contributed by atoms with E-state index in [0.717, 1.165) is 12.8 Å². The van der Waals surface area contributed by atoms with Crippen molar-refractivity contribution in [2.24, 2.45) is 0 Å². The molecule has 5 nitrogen and oxygen atoms in total. The molecule has 0 aromatic rings. The third-order valence-electron chi connectivity index (χ3n) is 8.74. The van der Waals surface area contributed by atoms with Crippen LogP contribution in [0.15, 0.2) is 0 Å². The molecule has 0 heterocycles. The van der Waals surface area contributed by atoms with E-state index in [0.29, 0.717) is 6.42 Å². The van der Waals surface area contributed by atoms with E-state index in [1.54, 1.807) is 0 Å². The zero-order valence-electron chi connectivity index (χ0n) is 28.2. The summed E-state index contributed by atoms with van der Waals surface area (Å²) in [7, 11) is 0. The molecule has 0 spiro atoms. The van der Waals surface area contributed by atoms with Gasteiger partial charge in [0, 0.05) is 6.42 Å². The highest BCUT2D eigenvalue weighted by Crippen LogP contribution is 2.17. The van der Waals surface area contributed by atoms with E-state index in [1.807, 2.05) is 0 Å². The van der Waals surface area contributed by atoms with Crippen LogP contribution < -0.4 is 0 Å². The van der Waals surface area contributed by atoms with Crippen LogP contribution in [0.5, 0.6) is 0 Å². The molecule has 0 saturated heterocycles. The molecule has 0 unspecified atom stereocenters. The van der Waals surface area contributed by atoms with Crippen LogP contribution in [0.4, 0.5) is 0 Å². The van der Waals surface area contributed by atoms with Gasteiger partial charge in [0.15, 0.2) is 0 Å². The second-order valence-electron chi connectivity index (χ2n) is 13.1. The molecule has 0 atom stereocenters.